The van der Waals surface area contributed by atoms with Gasteiger partial charge in [0.15, 0.2) is 0 Å². The first-order chi connectivity index (χ1) is 13.1. The van der Waals surface area contributed by atoms with Crippen molar-refractivity contribution in [1.29, 1.82) is 0 Å². The maximum absolute atomic E-state index is 14.2. The van der Waals surface area contributed by atoms with E-state index in [9.17, 15) is 23.2 Å². The fourth-order valence-corrected chi connectivity index (χ4v) is 3.63. The van der Waals surface area contributed by atoms with Gasteiger partial charge in [0.05, 0.1) is 18.7 Å². The summed E-state index contributed by atoms with van der Waals surface area (Å²) < 4.78 is 27.7. The van der Waals surface area contributed by atoms with E-state index in [2.05, 4.69) is 10.3 Å². The average molecular weight is 408 g/mol. The minimum Gasteiger partial charge on any atom is -0.348 e. The van der Waals surface area contributed by atoms with E-state index >= 15 is 0 Å². The summed E-state index contributed by atoms with van der Waals surface area (Å²) in [6.45, 7) is 1.19. The number of rotatable bonds is 5. The predicted molar refractivity (Wildman–Crippen MR) is 97.3 cm³/mol. The highest BCUT2D eigenvalue weighted by Crippen LogP contribution is 2.32. The van der Waals surface area contributed by atoms with E-state index in [4.69, 9.17) is 0 Å². The lowest BCUT2D eigenvalue weighted by molar-refractivity contribution is -0.131. The molecule has 2 heterocycles. The fraction of sp³-hybridized carbons (Fsp3) is 0.333. The Morgan fingerprint density at radius 3 is 2.71 bits per heavy atom. The number of imide groups is 1. The van der Waals surface area contributed by atoms with Crippen LogP contribution in [0, 0.1) is 11.6 Å². The van der Waals surface area contributed by atoms with E-state index in [-0.39, 0.29) is 24.4 Å². The Kier molecular flexibility index (Phi) is 5.16. The van der Waals surface area contributed by atoms with Crippen LogP contribution in [-0.2, 0) is 28.1 Å². The molecule has 2 aromatic rings. The van der Waals surface area contributed by atoms with Crippen LogP contribution in [0.5, 0.6) is 0 Å². The molecule has 1 unspecified atom stereocenters. The van der Waals surface area contributed by atoms with E-state index in [1.807, 2.05) is 0 Å². The molecule has 0 aliphatic carbocycles. The van der Waals surface area contributed by atoms with E-state index < -0.39 is 29.1 Å². The van der Waals surface area contributed by atoms with Crippen LogP contribution in [0.1, 0.15) is 23.2 Å². The first kappa shape index (κ1) is 19.9. The van der Waals surface area contributed by atoms with Crippen molar-refractivity contribution in [3.63, 3.8) is 0 Å². The van der Waals surface area contributed by atoms with Gasteiger partial charge in [-0.05, 0) is 25.1 Å². The standard InChI is InChI=1S/C18H18F2N4O3S/c1-18(12-6-10(19)4-5-13(12)20)16(26)24(17(27)22-18)8-11-9-28-14(21-11)7-15(25)23(2)3/h4-6,9H,7-8H2,1-3H3,(H,22,27). The molecule has 1 aliphatic heterocycles. The minimum atomic E-state index is -1.72. The number of hydrogen-bond acceptors (Lipinski definition) is 5. The van der Waals surface area contributed by atoms with Crippen LogP contribution >= 0.6 is 11.3 Å². The molecule has 4 amide bonds. The van der Waals surface area contributed by atoms with E-state index in [0.717, 1.165) is 23.1 Å². The second-order valence-corrected chi connectivity index (χ2v) is 7.71. The van der Waals surface area contributed by atoms with E-state index in [0.29, 0.717) is 10.7 Å². The molecular formula is C18H18F2N4O3S. The molecule has 1 N–H and O–H groups in total. The summed E-state index contributed by atoms with van der Waals surface area (Å²) in [5, 5.41) is 4.64. The van der Waals surface area contributed by atoms with Crippen molar-refractivity contribution in [2.75, 3.05) is 14.1 Å². The Balaban J connectivity index is 1.80. The maximum Gasteiger partial charge on any atom is 0.325 e. The SMILES string of the molecule is CN(C)C(=O)Cc1nc(CN2C(=O)NC(C)(c3cc(F)ccc3F)C2=O)cs1. The number of carbonyl (C=O) groups is 3. The van der Waals surface area contributed by atoms with Crippen molar-refractivity contribution < 1.29 is 23.2 Å². The number of carbonyl (C=O) groups excluding carboxylic acids is 3. The topological polar surface area (TPSA) is 82.6 Å². The van der Waals surface area contributed by atoms with Crippen LogP contribution < -0.4 is 5.32 Å². The molecule has 0 radical (unpaired) electrons. The van der Waals surface area contributed by atoms with Crippen molar-refractivity contribution in [2.24, 2.45) is 0 Å². The number of nitrogens with one attached hydrogen (secondary N) is 1. The molecule has 28 heavy (non-hydrogen) atoms. The summed E-state index contributed by atoms with van der Waals surface area (Å²) >= 11 is 1.24. The highest BCUT2D eigenvalue weighted by Gasteiger charge is 2.50. The summed E-state index contributed by atoms with van der Waals surface area (Å²) in [7, 11) is 3.27. The number of benzene rings is 1. The van der Waals surface area contributed by atoms with Gasteiger partial charge >= 0.3 is 6.03 Å². The quantitative estimate of drug-likeness (QED) is 0.768. The van der Waals surface area contributed by atoms with Crippen LogP contribution in [0.15, 0.2) is 23.6 Å². The van der Waals surface area contributed by atoms with Gasteiger partial charge in [-0.1, -0.05) is 0 Å². The van der Waals surface area contributed by atoms with Gasteiger partial charge in [0, 0.05) is 25.0 Å². The molecule has 10 heteroatoms. The van der Waals surface area contributed by atoms with Crippen LogP contribution in [-0.4, -0.2) is 46.7 Å². The summed E-state index contributed by atoms with van der Waals surface area (Å²) in [4.78, 5) is 43.6. The van der Waals surface area contributed by atoms with Gasteiger partial charge in [-0.25, -0.2) is 18.6 Å². The zero-order chi connectivity index (χ0) is 20.6. The molecule has 1 aromatic carbocycles. The van der Waals surface area contributed by atoms with Crippen molar-refractivity contribution in [1.82, 2.24) is 20.1 Å². The second-order valence-electron chi connectivity index (χ2n) is 6.77. The molecule has 1 saturated heterocycles. The summed E-state index contributed by atoms with van der Waals surface area (Å²) in [5.74, 6) is -2.34. The Morgan fingerprint density at radius 1 is 1.32 bits per heavy atom. The van der Waals surface area contributed by atoms with Gasteiger partial charge in [0.1, 0.15) is 22.2 Å². The van der Waals surface area contributed by atoms with Gasteiger partial charge in [-0.3, -0.25) is 14.5 Å². The molecule has 1 atom stereocenters. The summed E-state index contributed by atoms with van der Waals surface area (Å²) in [6.07, 6.45) is 0.115. The van der Waals surface area contributed by atoms with Gasteiger partial charge < -0.3 is 10.2 Å². The predicted octanol–water partition coefficient (Wildman–Crippen LogP) is 2.02. The summed E-state index contributed by atoms with van der Waals surface area (Å²) in [5.41, 5.74) is -1.54. The highest BCUT2D eigenvalue weighted by atomic mass is 32.1. The second kappa shape index (κ2) is 7.27. The van der Waals surface area contributed by atoms with E-state index in [1.54, 1.807) is 19.5 Å². The third-order valence-electron chi connectivity index (χ3n) is 4.46. The van der Waals surface area contributed by atoms with Crippen molar-refractivity contribution in [3.8, 4) is 0 Å². The number of hydrogen-bond donors (Lipinski definition) is 1. The molecule has 1 aliphatic rings. The molecule has 1 aromatic heterocycles. The lowest BCUT2D eigenvalue weighted by atomic mass is 9.91. The van der Waals surface area contributed by atoms with E-state index in [1.165, 1.54) is 23.2 Å². The zero-order valence-electron chi connectivity index (χ0n) is 15.5. The first-order valence-electron chi connectivity index (χ1n) is 8.35. The van der Waals surface area contributed by atoms with Crippen LogP contribution in [0.3, 0.4) is 0 Å². The Hall–Kier alpha value is -2.88. The molecule has 0 spiro atoms. The Morgan fingerprint density at radius 2 is 2.04 bits per heavy atom. The van der Waals surface area contributed by atoms with Gasteiger partial charge in [0.2, 0.25) is 5.91 Å². The first-order valence-corrected chi connectivity index (χ1v) is 9.23. The average Bonchev–Trinajstić information content (AvgIpc) is 3.15. The van der Waals surface area contributed by atoms with Crippen molar-refractivity contribution in [3.05, 3.63) is 51.5 Å². The number of amides is 4. The molecule has 0 saturated carbocycles. The van der Waals surface area contributed by atoms with Crippen LogP contribution in [0.2, 0.25) is 0 Å². The fourth-order valence-electron chi connectivity index (χ4n) is 2.86. The smallest absolute Gasteiger partial charge is 0.325 e. The van der Waals surface area contributed by atoms with Crippen molar-refractivity contribution in [2.45, 2.75) is 25.4 Å². The largest absolute Gasteiger partial charge is 0.348 e. The molecule has 0 bridgehead atoms. The molecule has 1 fully saturated rings. The monoisotopic (exact) mass is 408 g/mol. The Labute approximate surface area is 164 Å². The van der Waals surface area contributed by atoms with Crippen molar-refractivity contribution >= 4 is 29.2 Å². The highest BCUT2D eigenvalue weighted by molar-refractivity contribution is 7.09. The third-order valence-corrected chi connectivity index (χ3v) is 5.36. The number of nitrogens with zero attached hydrogens (tertiary/aromatic N) is 3. The molecular weight excluding hydrogens is 390 g/mol. The number of urea groups is 1. The lowest BCUT2D eigenvalue weighted by Gasteiger charge is -2.22. The van der Waals surface area contributed by atoms with Gasteiger partial charge in [0.25, 0.3) is 5.91 Å². The molecule has 3 rings (SSSR count). The summed E-state index contributed by atoms with van der Waals surface area (Å²) in [6, 6.07) is 2.01. The number of aromatic nitrogens is 1. The normalized spacial score (nSPS) is 19.1. The molecule has 148 valence electrons. The Bertz CT molecular complexity index is 962. The van der Waals surface area contributed by atoms with Crippen LogP contribution in [0.4, 0.5) is 13.6 Å². The number of halogens is 2. The van der Waals surface area contributed by atoms with Gasteiger partial charge in [-0.2, -0.15) is 0 Å². The van der Waals surface area contributed by atoms with Crippen LogP contribution in [0.25, 0.3) is 0 Å². The minimum absolute atomic E-state index is 0.115. The number of likely N-dealkylation sites (N-methyl/N-ethyl adjacent to an activating group) is 1. The third kappa shape index (κ3) is 3.59. The molecule has 7 nitrogen and oxygen atoms in total. The lowest BCUT2D eigenvalue weighted by Crippen LogP contribution is -2.41. The van der Waals surface area contributed by atoms with Gasteiger partial charge in [-0.15, -0.1) is 11.3 Å². The maximum atomic E-state index is 14.2. The zero-order valence-corrected chi connectivity index (χ0v) is 16.3. The number of thiazole rings is 1.